The fraction of sp³-hybridized carbons (Fsp3) is 0.200. The summed E-state index contributed by atoms with van der Waals surface area (Å²) in [5.41, 5.74) is 2.18. The van der Waals surface area contributed by atoms with Gasteiger partial charge < -0.3 is 35.5 Å². The number of rotatable bonds is 22. The van der Waals surface area contributed by atoms with Crippen molar-refractivity contribution in [3.05, 3.63) is 250 Å². The second kappa shape index (κ2) is 24.0. The van der Waals surface area contributed by atoms with Crippen molar-refractivity contribution < 1.29 is 14.2 Å². The summed E-state index contributed by atoms with van der Waals surface area (Å²) in [6.45, 7) is 8.86. The van der Waals surface area contributed by atoms with Crippen LogP contribution >= 0.6 is 0 Å². The number of hydrogen-bond donors (Lipinski definition) is 4. The highest BCUT2D eigenvalue weighted by molar-refractivity contribution is 6.24. The number of ether oxygens (including phenoxy) is 3. The van der Waals surface area contributed by atoms with E-state index in [1.165, 1.54) is 0 Å². The molecule has 12 aromatic rings. The number of hydrogen-bond acceptors (Lipinski definition) is 15. The van der Waals surface area contributed by atoms with E-state index in [4.69, 9.17) is 14.2 Å². The highest BCUT2D eigenvalue weighted by Gasteiger charge is 2.30. The number of nitrogens with zero attached hydrogens (tertiary/aromatic N) is 2. The summed E-state index contributed by atoms with van der Waals surface area (Å²) in [5.74, 6) is 0. The summed E-state index contributed by atoms with van der Waals surface area (Å²) in [6.07, 6.45) is 0.544. The molecule has 0 saturated carbocycles. The van der Waals surface area contributed by atoms with Crippen LogP contribution in [0.15, 0.2) is 184 Å². The van der Waals surface area contributed by atoms with Gasteiger partial charge in [0, 0.05) is 70.6 Å². The molecule has 0 spiro atoms. The molecule has 0 amide bonds. The van der Waals surface area contributed by atoms with Crippen molar-refractivity contribution >= 4 is 110 Å². The van der Waals surface area contributed by atoms with E-state index in [0.29, 0.717) is 22.7 Å². The summed E-state index contributed by atoms with van der Waals surface area (Å²) in [7, 11) is 0. The molecular weight excluding hydrogens is 1100 g/mol. The van der Waals surface area contributed by atoms with E-state index in [-0.39, 0.29) is 153 Å². The molecule has 436 valence electrons. The Morgan fingerprint density at radius 1 is 0.287 bits per heavy atom. The maximum Gasteiger partial charge on any atom is 0.263 e. The fourth-order valence-corrected chi connectivity index (χ4v) is 11.5. The zero-order chi connectivity index (χ0) is 60.6. The summed E-state index contributed by atoms with van der Waals surface area (Å²) in [5, 5.41) is 13.8. The number of aromatic nitrogens is 2. The second-order valence-corrected chi connectivity index (χ2v) is 21.9. The minimum absolute atomic E-state index is 0.000582. The predicted octanol–water partition coefficient (Wildman–Crippen LogP) is 10.6. The van der Waals surface area contributed by atoms with Crippen LogP contribution in [-0.2, 0) is 27.3 Å². The summed E-state index contributed by atoms with van der Waals surface area (Å²) >= 11 is 0. The van der Waals surface area contributed by atoms with Crippen LogP contribution in [0.4, 0.5) is 45.5 Å². The van der Waals surface area contributed by atoms with Crippen LogP contribution < -0.4 is 65.2 Å². The van der Waals surface area contributed by atoms with Crippen molar-refractivity contribution in [2.45, 2.75) is 53.6 Å². The minimum atomic E-state index is -0.619. The topological polar surface area (TPSA) is 222 Å². The largest absolute Gasteiger partial charge is 0.379 e. The maximum absolute atomic E-state index is 14.7. The van der Waals surface area contributed by atoms with Gasteiger partial charge in [-0.1, -0.05) is 119 Å². The molecule has 0 aliphatic carbocycles. The van der Waals surface area contributed by atoms with Crippen LogP contribution in [0.3, 0.4) is 0 Å². The fourth-order valence-electron chi connectivity index (χ4n) is 11.5. The molecule has 17 heteroatoms. The molecule has 2 aromatic heterocycles. The second-order valence-electron chi connectivity index (χ2n) is 21.9. The first-order valence-corrected chi connectivity index (χ1v) is 28.8. The predicted molar refractivity (Wildman–Crippen MR) is 348 cm³/mol. The lowest BCUT2D eigenvalue weighted by Gasteiger charge is -2.16. The van der Waals surface area contributed by atoms with E-state index in [1.54, 1.807) is 97.1 Å². The Morgan fingerprint density at radius 2 is 0.506 bits per heavy atom. The Balaban J connectivity index is 0.722. The Morgan fingerprint density at radius 3 is 0.736 bits per heavy atom. The third-order valence-corrected chi connectivity index (χ3v) is 15.9. The first-order valence-electron chi connectivity index (χ1n) is 28.8. The molecule has 0 fully saturated rings. The number of fused-ring (bicyclic) bond motifs is 6. The number of benzene rings is 10. The van der Waals surface area contributed by atoms with Crippen molar-refractivity contribution in [1.29, 1.82) is 0 Å². The molecule has 0 bridgehead atoms. The van der Waals surface area contributed by atoms with Crippen LogP contribution in [-0.4, -0.2) is 48.8 Å². The molecule has 0 atom stereocenters. The van der Waals surface area contributed by atoms with Gasteiger partial charge >= 0.3 is 0 Å². The SMILES string of the molecule is Cc1ccc(Nc2c3c(=O)c4ccccc4c(=O)c3c(Nc3ccc(C)cc3)c3c(=O)n(CCCOCCOCCOCCCn4c(=O)c5c(Nc6ccc(C)cc6)c6c(=O)c7ccccc7c(=O)c6c(Nc6ccc(C)cc6)c5c4=O)c(=O)c23)cc1. The summed E-state index contributed by atoms with van der Waals surface area (Å²) in [6, 6.07) is 42.5. The molecule has 10 aromatic carbocycles. The number of nitrogens with one attached hydrogen (secondary N) is 4. The van der Waals surface area contributed by atoms with Crippen LogP contribution in [0, 0.1) is 27.7 Å². The van der Waals surface area contributed by atoms with E-state index in [2.05, 4.69) is 21.3 Å². The molecule has 0 radical (unpaired) electrons. The lowest BCUT2D eigenvalue weighted by Crippen LogP contribution is -2.26. The van der Waals surface area contributed by atoms with Crippen LogP contribution in [0.1, 0.15) is 35.1 Å². The standard InChI is InChI=1S/C70H60N6O11/c1-39-15-23-43(24-16-39)71-59-51-52(64(78)48-12-6-5-11-47(48)63(51)77)60(72-44-25-17-40(2)18-26-44)56-55(59)67(81)75(68(56)82)31-9-33-85-35-37-87-38-36-86-34-10-32-76-69(83)57-58(70(76)84)62(74-46-29-21-42(4)22-30-46)54-53(61(57)73-45-27-19-41(3)20-28-45)65(79)49-13-7-8-14-50(49)66(54)80/h5-8,11-30,71-74H,9-10,31-38H2,1-4H3. The van der Waals surface area contributed by atoms with Crippen LogP contribution in [0.5, 0.6) is 0 Å². The summed E-state index contributed by atoms with van der Waals surface area (Å²) in [4.78, 5) is 117. The monoisotopic (exact) mass is 1160 g/mol. The molecule has 0 aliphatic heterocycles. The Kier molecular flexibility index (Phi) is 15.8. The Labute approximate surface area is 496 Å². The molecule has 0 aliphatic rings. The highest BCUT2D eigenvalue weighted by atomic mass is 16.5. The lowest BCUT2D eigenvalue weighted by molar-refractivity contribution is 0.0128. The van der Waals surface area contributed by atoms with Gasteiger partial charge in [-0.2, -0.15) is 0 Å². The molecule has 0 unspecified atom stereocenters. The maximum atomic E-state index is 14.7. The zero-order valence-electron chi connectivity index (χ0n) is 48.3. The van der Waals surface area contributed by atoms with Gasteiger partial charge in [0.1, 0.15) is 0 Å². The van der Waals surface area contributed by atoms with E-state index < -0.39 is 44.0 Å². The first kappa shape index (κ1) is 57.2. The van der Waals surface area contributed by atoms with Gasteiger partial charge in [0.05, 0.1) is 92.3 Å². The Bertz CT molecular complexity index is 4500. The lowest BCUT2D eigenvalue weighted by atomic mass is 9.95. The smallest absolute Gasteiger partial charge is 0.263 e. The molecule has 4 N–H and O–H groups in total. The molecule has 87 heavy (non-hydrogen) atoms. The quantitative estimate of drug-likeness (QED) is 0.0282. The molecule has 17 nitrogen and oxygen atoms in total. The highest BCUT2D eigenvalue weighted by Crippen LogP contribution is 2.40. The van der Waals surface area contributed by atoms with Gasteiger partial charge in [0.25, 0.3) is 22.2 Å². The average molecular weight is 1160 g/mol. The Hall–Kier alpha value is -10.2. The average Bonchev–Trinajstić information content (AvgIpc) is 1.69. The van der Waals surface area contributed by atoms with Crippen molar-refractivity contribution in [3.63, 3.8) is 0 Å². The van der Waals surface area contributed by atoms with Crippen molar-refractivity contribution in [3.8, 4) is 0 Å². The number of anilines is 8. The van der Waals surface area contributed by atoms with E-state index in [1.807, 2.05) is 76.2 Å². The van der Waals surface area contributed by atoms with E-state index in [0.717, 1.165) is 31.4 Å². The van der Waals surface area contributed by atoms with Gasteiger partial charge in [0.2, 0.25) is 0 Å². The first-order chi connectivity index (χ1) is 42.2. The van der Waals surface area contributed by atoms with Crippen LogP contribution in [0.25, 0.3) is 64.6 Å². The molecule has 2 heterocycles. The third kappa shape index (κ3) is 10.8. The molecule has 12 rings (SSSR count). The van der Waals surface area contributed by atoms with Gasteiger partial charge in [0.15, 0.2) is 21.7 Å². The van der Waals surface area contributed by atoms with Gasteiger partial charge in [-0.25, -0.2) is 0 Å². The van der Waals surface area contributed by atoms with Crippen molar-refractivity contribution in [1.82, 2.24) is 9.13 Å². The zero-order valence-corrected chi connectivity index (χ0v) is 48.3. The molecule has 0 saturated heterocycles. The minimum Gasteiger partial charge on any atom is -0.379 e. The third-order valence-electron chi connectivity index (χ3n) is 15.9. The number of aryl methyl sites for hydroxylation is 4. The molecular formula is C70H60N6O11. The van der Waals surface area contributed by atoms with Gasteiger partial charge in [-0.3, -0.25) is 47.5 Å². The van der Waals surface area contributed by atoms with E-state index in [9.17, 15) is 38.4 Å². The van der Waals surface area contributed by atoms with Crippen molar-refractivity contribution in [2.24, 2.45) is 0 Å². The van der Waals surface area contributed by atoms with Gasteiger partial charge in [-0.15, -0.1) is 0 Å². The van der Waals surface area contributed by atoms with Gasteiger partial charge in [-0.05, 0) is 89.1 Å². The van der Waals surface area contributed by atoms with Crippen LogP contribution in [0.2, 0.25) is 0 Å². The van der Waals surface area contributed by atoms with Crippen molar-refractivity contribution in [2.75, 3.05) is 60.9 Å². The summed E-state index contributed by atoms with van der Waals surface area (Å²) < 4.78 is 19.8. The normalized spacial score (nSPS) is 11.7. The van der Waals surface area contributed by atoms with E-state index >= 15 is 0 Å².